The van der Waals surface area contributed by atoms with Gasteiger partial charge in [0.05, 0.1) is 23.8 Å². The van der Waals surface area contributed by atoms with Crippen molar-refractivity contribution in [1.82, 2.24) is 4.90 Å². The predicted molar refractivity (Wildman–Crippen MR) is 78.3 cm³/mol. The first kappa shape index (κ1) is 16.2. The van der Waals surface area contributed by atoms with Crippen molar-refractivity contribution in [2.75, 3.05) is 13.2 Å². The number of carbonyl (C=O) groups excluding carboxylic acids is 3. The van der Waals surface area contributed by atoms with Crippen LogP contribution < -0.4 is 0 Å². The lowest BCUT2D eigenvalue weighted by molar-refractivity contribution is -0.151. The molecular weight excluding hydrogens is 286 g/mol. The lowest BCUT2D eigenvalue weighted by atomic mass is 10.0. The maximum absolute atomic E-state index is 12.4. The zero-order chi connectivity index (χ0) is 16.4. The third-order valence-corrected chi connectivity index (χ3v) is 3.68. The maximum Gasteiger partial charge on any atom is 0.313 e. The van der Waals surface area contributed by atoms with Crippen LogP contribution in [-0.2, 0) is 9.53 Å². The van der Waals surface area contributed by atoms with E-state index >= 15 is 0 Å². The average Bonchev–Trinajstić information content (AvgIpc) is 2.68. The highest BCUT2D eigenvalue weighted by Gasteiger charge is 2.39. The van der Waals surface area contributed by atoms with Crippen molar-refractivity contribution in [2.24, 2.45) is 5.92 Å². The minimum atomic E-state index is -1.02. The summed E-state index contributed by atoms with van der Waals surface area (Å²) in [6, 6.07) is 5.01. The lowest BCUT2D eigenvalue weighted by Crippen LogP contribution is -2.42. The van der Waals surface area contributed by atoms with Gasteiger partial charge in [0, 0.05) is 6.54 Å². The first-order valence-electron chi connectivity index (χ1n) is 7.18. The topological polar surface area (TPSA) is 83.9 Å². The molecule has 1 heterocycles. The second-order valence-electron chi connectivity index (χ2n) is 5.37. The number of hydrogen-bond donors (Lipinski definition) is 1. The monoisotopic (exact) mass is 305 g/mol. The molecule has 1 aromatic rings. The fourth-order valence-corrected chi connectivity index (χ4v) is 2.44. The fraction of sp³-hybridized carbons (Fsp3) is 0.438. The van der Waals surface area contributed by atoms with Crippen LogP contribution in [-0.4, -0.2) is 47.0 Å². The summed E-state index contributed by atoms with van der Waals surface area (Å²) in [4.78, 5) is 37.6. The van der Waals surface area contributed by atoms with E-state index in [4.69, 9.17) is 4.74 Å². The molecule has 0 saturated carbocycles. The predicted octanol–water partition coefficient (Wildman–Crippen LogP) is 1.15. The number of ether oxygens (including phenoxy) is 1. The quantitative estimate of drug-likeness (QED) is 0.651. The molecule has 0 bridgehead atoms. The van der Waals surface area contributed by atoms with Crippen molar-refractivity contribution in [1.29, 1.82) is 0 Å². The number of aliphatic hydroxyl groups excluding tert-OH is 1. The first-order chi connectivity index (χ1) is 10.4. The van der Waals surface area contributed by atoms with Gasteiger partial charge in [-0.05, 0) is 32.9 Å². The Morgan fingerprint density at radius 1 is 1.27 bits per heavy atom. The van der Waals surface area contributed by atoms with Gasteiger partial charge in [0.2, 0.25) is 0 Å². The normalized spacial score (nSPS) is 16.5. The Kier molecular flexibility index (Phi) is 4.61. The minimum absolute atomic E-state index is 0.170. The Morgan fingerprint density at radius 2 is 1.91 bits per heavy atom. The minimum Gasteiger partial charge on any atom is -0.466 e. The number of rotatable bonds is 5. The van der Waals surface area contributed by atoms with Crippen LogP contribution in [0, 0.1) is 12.8 Å². The van der Waals surface area contributed by atoms with E-state index in [1.165, 1.54) is 6.92 Å². The molecule has 6 heteroatoms. The second kappa shape index (κ2) is 6.27. The van der Waals surface area contributed by atoms with E-state index in [1.54, 1.807) is 25.1 Å². The Hall–Kier alpha value is -2.21. The van der Waals surface area contributed by atoms with Gasteiger partial charge in [0.1, 0.15) is 5.92 Å². The smallest absolute Gasteiger partial charge is 0.313 e. The molecule has 1 N–H and O–H groups in total. The molecule has 6 nitrogen and oxygen atoms in total. The molecule has 0 aromatic heterocycles. The average molecular weight is 305 g/mol. The summed E-state index contributed by atoms with van der Waals surface area (Å²) in [6.07, 6.45) is -1.02. The zero-order valence-corrected chi connectivity index (χ0v) is 12.8. The van der Waals surface area contributed by atoms with Crippen molar-refractivity contribution in [2.45, 2.75) is 26.9 Å². The van der Waals surface area contributed by atoms with Gasteiger partial charge in [-0.25, -0.2) is 0 Å². The van der Waals surface area contributed by atoms with E-state index in [9.17, 15) is 19.5 Å². The molecule has 118 valence electrons. The summed E-state index contributed by atoms with van der Waals surface area (Å²) < 4.78 is 4.89. The number of imide groups is 1. The summed E-state index contributed by atoms with van der Waals surface area (Å²) >= 11 is 0. The van der Waals surface area contributed by atoms with Gasteiger partial charge >= 0.3 is 5.97 Å². The van der Waals surface area contributed by atoms with Crippen LogP contribution in [0.1, 0.15) is 40.1 Å². The van der Waals surface area contributed by atoms with Crippen LogP contribution in [0.25, 0.3) is 0 Å². The number of fused-ring (bicyclic) bond motifs is 1. The van der Waals surface area contributed by atoms with Gasteiger partial charge in [0.15, 0.2) is 0 Å². The van der Waals surface area contributed by atoms with E-state index in [0.717, 1.165) is 10.5 Å². The molecular formula is C16H19NO5. The number of benzene rings is 1. The van der Waals surface area contributed by atoms with E-state index in [1.807, 2.05) is 6.92 Å². The van der Waals surface area contributed by atoms with Crippen LogP contribution in [0.4, 0.5) is 0 Å². The summed E-state index contributed by atoms with van der Waals surface area (Å²) in [5.74, 6) is -2.47. The highest BCUT2D eigenvalue weighted by molar-refractivity contribution is 6.21. The molecule has 22 heavy (non-hydrogen) atoms. The van der Waals surface area contributed by atoms with Gasteiger partial charge in [0.25, 0.3) is 11.8 Å². The number of aryl methyl sites for hydroxylation is 1. The summed E-state index contributed by atoms with van der Waals surface area (Å²) in [5.41, 5.74) is 1.53. The van der Waals surface area contributed by atoms with Crippen LogP contribution >= 0.6 is 0 Å². The van der Waals surface area contributed by atoms with E-state index in [-0.39, 0.29) is 13.2 Å². The van der Waals surface area contributed by atoms with Crippen LogP contribution in [0.15, 0.2) is 18.2 Å². The molecule has 0 unspecified atom stereocenters. The molecule has 1 aliphatic heterocycles. The van der Waals surface area contributed by atoms with Crippen LogP contribution in [0.2, 0.25) is 0 Å². The number of hydrogen-bond acceptors (Lipinski definition) is 5. The van der Waals surface area contributed by atoms with Gasteiger partial charge < -0.3 is 9.84 Å². The number of nitrogens with zero attached hydrogens (tertiary/aromatic N) is 1. The summed E-state index contributed by atoms with van der Waals surface area (Å²) in [5, 5.41) is 9.75. The molecule has 1 aliphatic rings. The van der Waals surface area contributed by atoms with Crippen LogP contribution in [0.3, 0.4) is 0 Å². The largest absolute Gasteiger partial charge is 0.466 e. The third-order valence-electron chi connectivity index (χ3n) is 3.68. The molecule has 2 rings (SSSR count). The van der Waals surface area contributed by atoms with Crippen molar-refractivity contribution >= 4 is 17.8 Å². The lowest BCUT2D eigenvalue weighted by Gasteiger charge is -2.23. The molecule has 1 aromatic carbocycles. The zero-order valence-electron chi connectivity index (χ0n) is 12.8. The van der Waals surface area contributed by atoms with Crippen molar-refractivity contribution in [3.63, 3.8) is 0 Å². The van der Waals surface area contributed by atoms with Crippen molar-refractivity contribution in [3.8, 4) is 0 Å². The molecule has 0 radical (unpaired) electrons. The van der Waals surface area contributed by atoms with E-state index in [0.29, 0.717) is 11.1 Å². The molecule has 0 aliphatic carbocycles. The first-order valence-corrected chi connectivity index (χ1v) is 7.18. The number of aliphatic hydroxyl groups is 1. The van der Waals surface area contributed by atoms with Gasteiger partial charge in [-0.1, -0.05) is 11.6 Å². The molecule has 0 saturated heterocycles. The number of amides is 2. The van der Waals surface area contributed by atoms with E-state index in [2.05, 4.69) is 0 Å². The summed E-state index contributed by atoms with van der Waals surface area (Å²) in [6.45, 7) is 4.90. The number of esters is 1. The SMILES string of the molecule is CCOC(=O)[C@@H](CN1C(=O)c2ccc(C)cc2C1=O)[C@@H](C)O. The van der Waals surface area contributed by atoms with Crippen LogP contribution in [0.5, 0.6) is 0 Å². The Balaban J connectivity index is 2.25. The molecule has 0 fully saturated rings. The summed E-state index contributed by atoms with van der Waals surface area (Å²) in [7, 11) is 0. The Bertz CT molecular complexity index is 623. The highest BCUT2D eigenvalue weighted by Crippen LogP contribution is 2.25. The van der Waals surface area contributed by atoms with Gasteiger partial charge in [-0.2, -0.15) is 0 Å². The Morgan fingerprint density at radius 3 is 2.50 bits per heavy atom. The molecule has 2 amide bonds. The fourth-order valence-electron chi connectivity index (χ4n) is 2.44. The van der Waals surface area contributed by atoms with Gasteiger partial charge in [-0.3, -0.25) is 19.3 Å². The molecule has 0 spiro atoms. The Labute approximate surface area is 128 Å². The maximum atomic E-state index is 12.4. The number of carbonyl (C=O) groups is 3. The molecule has 2 atom stereocenters. The van der Waals surface area contributed by atoms with E-state index < -0.39 is 29.8 Å². The van der Waals surface area contributed by atoms with Gasteiger partial charge in [-0.15, -0.1) is 0 Å². The van der Waals surface area contributed by atoms with Crippen molar-refractivity contribution in [3.05, 3.63) is 34.9 Å². The standard InChI is InChI=1S/C16H19NO5/c1-4-22-16(21)13(10(3)18)8-17-14(19)11-6-5-9(2)7-12(11)15(17)20/h5-7,10,13,18H,4,8H2,1-3H3/t10-,13+/m1/s1. The van der Waals surface area contributed by atoms with Crippen molar-refractivity contribution < 1.29 is 24.2 Å². The highest BCUT2D eigenvalue weighted by atomic mass is 16.5. The second-order valence-corrected chi connectivity index (χ2v) is 5.37. The third kappa shape index (κ3) is 2.87.